The smallest absolute Gasteiger partial charge is 0.327 e. The minimum absolute atomic E-state index is 0.130. The molecule has 1 amide bonds. The van der Waals surface area contributed by atoms with E-state index >= 15 is 0 Å². The van der Waals surface area contributed by atoms with Crippen LogP contribution in [0.4, 0.5) is 0 Å². The molecule has 0 unspecified atom stereocenters. The molecule has 1 saturated heterocycles. The molecule has 1 aromatic rings. The van der Waals surface area contributed by atoms with Crippen LogP contribution in [0.15, 0.2) is 29.2 Å². The second-order valence-electron chi connectivity index (χ2n) is 5.89. The number of aliphatic hydroxyl groups excluding tert-OH is 1. The van der Waals surface area contributed by atoms with Crippen LogP contribution in [-0.4, -0.2) is 75.4 Å². The number of esters is 1. The van der Waals surface area contributed by atoms with Crippen molar-refractivity contribution in [3.05, 3.63) is 29.3 Å². The lowest BCUT2D eigenvalue weighted by atomic mass is 10.2. The van der Waals surface area contributed by atoms with Gasteiger partial charge in [0, 0.05) is 18.1 Å². The Morgan fingerprint density at radius 1 is 1.30 bits per heavy atom. The molecule has 0 aromatic heterocycles. The maximum Gasteiger partial charge on any atom is 0.327 e. The number of benzene rings is 1. The van der Waals surface area contributed by atoms with E-state index in [2.05, 4.69) is 4.72 Å². The third-order valence-electron chi connectivity index (χ3n) is 3.84. The first-order chi connectivity index (χ1) is 12.7. The fourth-order valence-corrected chi connectivity index (χ4v) is 3.70. The predicted octanol–water partition coefficient (Wildman–Crippen LogP) is -0.230. The predicted molar refractivity (Wildman–Crippen MR) is 95.6 cm³/mol. The minimum atomic E-state index is -4.11. The Bertz CT molecular complexity index is 761. The first kappa shape index (κ1) is 21.6. The normalized spacial score (nSPS) is 17.2. The Balaban J connectivity index is 1.99. The molecule has 150 valence electrons. The number of aliphatic hydroxyl groups is 1. The molecule has 0 aliphatic carbocycles. The van der Waals surface area contributed by atoms with E-state index in [1.54, 1.807) is 0 Å². The summed E-state index contributed by atoms with van der Waals surface area (Å²) in [5.41, 5.74) is 0. The molecule has 1 fully saturated rings. The number of sulfonamides is 1. The largest absolute Gasteiger partial charge is 0.454 e. The first-order valence-corrected chi connectivity index (χ1v) is 10.0. The van der Waals surface area contributed by atoms with Gasteiger partial charge in [-0.25, -0.2) is 8.42 Å². The van der Waals surface area contributed by atoms with Crippen LogP contribution in [0.25, 0.3) is 0 Å². The molecule has 2 rings (SSSR count). The number of hydrogen-bond donors (Lipinski definition) is 2. The van der Waals surface area contributed by atoms with Crippen LogP contribution in [-0.2, 0) is 29.1 Å². The number of nitrogens with zero attached hydrogens (tertiary/aromatic N) is 1. The van der Waals surface area contributed by atoms with Gasteiger partial charge in [-0.3, -0.25) is 9.59 Å². The zero-order valence-corrected chi connectivity index (χ0v) is 16.2. The molecular formula is C16H21ClN2O7S. The van der Waals surface area contributed by atoms with Crippen LogP contribution in [0.5, 0.6) is 0 Å². The number of carbonyl (C=O) groups is 2. The molecule has 11 heteroatoms. The summed E-state index contributed by atoms with van der Waals surface area (Å²) in [7, 11) is -4.11. The Morgan fingerprint density at radius 3 is 2.44 bits per heavy atom. The standard InChI is InChI=1S/C16H21ClN2O7S/c1-11(20)15(18-27(23,24)13-4-2-12(17)3-5-13)16(22)26-10-14(21)19-6-8-25-9-7-19/h2-5,11,15,18,20H,6-10H2,1H3/t11-,15+/m0/s1. The fourth-order valence-electron chi connectivity index (χ4n) is 2.32. The highest BCUT2D eigenvalue weighted by Gasteiger charge is 2.31. The monoisotopic (exact) mass is 420 g/mol. The molecule has 1 aliphatic rings. The van der Waals surface area contributed by atoms with Gasteiger partial charge < -0.3 is 19.5 Å². The van der Waals surface area contributed by atoms with Crippen molar-refractivity contribution in [3.8, 4) is 0 Å². The highest BCUT2D eigenvalue weighted by molar-refractivity contribution is 7.89. The molecule has 1 aromatic carbocycles. The fraction of sp³-hybridized carbons (Fsp3) is 0.500. The van der Waals surface area contributed by atoms with Gasteiger partial charge in [0.2, 0.25) is 10.0 Å². The van der Waals surface area contributed by atoms with Crippen molar-refractivity contribution < 1.29 is 32.6 Å². The van der Waals surface area contributed by atoms with E-state index in [9.17, 15) is 23.1 Å². The molecule has 2 atom stereocenters. The highest BCUT2D eigenvalue weighted by atomic mass is 35.5. The lowest BCUT2D eigenvalue weighted by molar-refractivity contribution is -0.156. The van der Waals surface area contributed by atoms with Crippen LogP contribution in [0.1, 0.15) is 6.92 Å². The lowest BCUT2D eigenvalue weighted by Gasteiger charge is -2.27. The molecule has 2 N–H and O–H groups in total. The first-order valence-electron chi connectivity index (χ1n) is 8.19. The van der Waals surface area contributed by atoms with Crippen molar-refractivity contribution in [2.24, 2.45) is 0 Å². The van der Waals surface area contributed by atoms with E-state index in [-0.39, 0.29) is 4.90 Å². The van der Waals surface area contributed by atoms with Crippen molar-refractivity contribution in [1.82, 2.24) is 9.62 Å². The van der Waals surface area contributed by atoms with Crippen molar-refractivity contribution >= 4 is 33.5 Å². The molecular weight excluding hydrogens is 400 g/mol. The van der Waals surface area contributed by atoms with E-state index in [1.165, 1.54) is 36.1 Å². The van der Waals surface area contributed by atoms with Gasteiger partial charge in [0.25, 0.3) is 5.91 Å². The molecule has 1 heterocycles. The molecule has 27 heavy (non-hydrogen) atoms. The number of amides is 1. The second kappa shape index (κ2) is 9.47. The summed E-state index contributed by atoms with van der Waals surface area (Å²) >= 11 is 5.73. The van der Waals surface area contributed by atoms with Gasteiger partial charge in [-0.15, -0.1) is 0 Å². The maximum absolute atomic E-state index is 12.4. The molecule has 9 nitrogen and oxygen atoms in total. The summed E-state index contributed by atoms with van der Waals surface area (Å²) in [5.74, 6) is -1.47. The summed E-state index contributed by atoms with van der Waals surface area (Å²) in [6.45, 7) is 2.26. The maximum atomic E-state index is 12.4. The van der Waals surface area contributed by atoms with E-state index in [0.29, 0.717) is 31.3 Å². The van der Waals surface area contributed by atoms with Crippen LogP contribution in [0, 0.1) is 0 Å². The van der Waals surface area contributed by atoms with E-state index in [0.717, 1.165) is 0 Å². The summed E-state index contributed by atoms with van der Waals surface area (Å²) < 4.78 is 36.9. The second-order valence-corrected chi connectivity index (χ2v) is 8.04. The summed E-state index contributed by atoms with van der Waals surface area (Å²) in [6, 6.07) is 3.72. The summed E-state index contributed by atoms with van der Waals surface area (Å²) in [6.07, 6.45) is -1.38. The highest BCUT2D eigenvalue weighted by Crippen LogP contribution is 2.15. The number of halogens is 1. The minimum Gasteiger partial charge on any atom is -0.454 e. The van der Waals surface area contributed by atoms with Gasteiger partial charge in [-0.1, -0.05) is 11.6 Å². The topological polar surface area (TPSA) is 122 Å². The van der Waals surface area contributed by atoms with Crippen LogP contribution < -0.4 is 4.72 Å². The molecule has 1 aliphatic heterocycles. The Morgan fingerprint density at radius 2 is 1.89 bits per heavy atom. The SMILES string of the molecule is C[C@H](O)[C@@H](NS(=O)(=O)c1ccc(Cl)cc1)C(=O)OCC(=O)N1CCOCC1. The van der Waals surface area contributed by atoms with Crippen molar-refractivity contribution in [2.45, 2.75) is 24.0 Å². The van der Waals surface area contributed by atoms with Gasteiger partial charge in [-0.05, 0) is 31.2 Å². The molecule has 0 radical (unpaired) electrons. The van der Waals surface area contributed by atoms with Crippen molar-refractivity contribution in [1.29, 1.82) is 0 Å². The average Bonchev–Trinajstić information content (AvgIpc) is 2.64. The number of hydrogen-bond acceptors (Lipinski definition) is 7. The van der Waals surface area contributed by atoms with Crippen molar-refractivity contribution in [3.63, 3.8) is 0 Å². The molecule has 0 saturated carbocycles. The quantitative estimate of drug-likeness (QED) is 0.584. The molecule has 0 spiro atoms. The number of ether oxygens (including phenoxy) is 2. The number of morpholine rings is 1. The Hall–Kier alpha value is -1.72. The van der Waals surface area contributed by atoms with Crippen LogP contribution >= 0.6 is 11.6 Å². The van der Waals surface area contributed by atoms with E-state index in [4.69, 9.17) is 21.1 Å². The van der Waals surface area contributed by atoms with Gasteiger partial charge in [0.05, 0.1) is 24.2 Å². The number of rotatable bonds is 7. The van der Waals surface area contributed by atoms with Crippen LogP contribution in [0.2, 0.25) is 5.02 Å². The van der Waals surface area contributed by atoms with Gasteiger partial charge >= 0.3 is 5.97 Å². The third-order valence-corrected chi connectivity index (χ3v) is 5.55. The average molecular weight is 421 g/mol. The zero-order valence-electron chi connectivity index (χ0n) is 14.6. The zero-order chi connectivity index (χ0) is 20.0. The Labute approximate surface area is 162 Å². The van der Waals surface area contributed by atoms with Gasteiger partial charge in [-0.2, -0.15) is 4.72 Å². The van der Waals surface area contributed by atoms with Gasteiger partial charge in [0.15, 0.2) is 6.61 Å². The van der Waals surface area contributed by atoms with Crippen LogP contribution in [0.3, 0.4) is 0 Å². The van der Waals surface area contributed by atoms with Gasteiger partial charge in [0.1, 0.15) is 6.04 Å². The third kappa shape index (κ3) is 6.15. The lowest BCUT2D eigenvalue weighted by Crippen LogP contribution is -2.49. The van der Waals surface area contributed by atoms with E-state index in [1.807, 2.05) is 0 Å². The van der Waals surface area contributed by atoms with E-state index < -0.39 is 40.7 Å². The number of nitrogens with one attached hydrogen (secondary N) is 1. The number of carbonyl (C=O) groups excluding carboxylic acids is 2. The summed E-state index contributed by atoms with van der Waals surface area (Å²) in [5, 5.41) is 10.1. The molecule has 0 bridgehead atoms. The van der Waals surface area contributed by atoms with Crippen molar-refractivity contribution in [2.75, 3.05) is 32.9 Å². The summed E-state index contributed by atoms with van der Waals surface area (Å²) in [4.78, 5) is 25.6. The Kier molecular flexibility index (Phi) is 7.57.